The lowest BCUT2D eigenvalue weighted by Crippen LogP contribution is -2.40. The summed E-state index contributed by atoms with van der Waals surface area (Å²) in [5, 5.41) is 11.2. The minimum absolute atomic E-state index is 0.131. The van der Waals surface area contributed by atoms with Crippen molar-refractivity contribution in [3.05, 3.63) is 17.9 Å². The summed E-state index contributed by atoms with van der Waals surface area (Å²) >= 11 is 0. The highest BCUT2D eigenvalue weighted by Gasteiger charge is 2.24. The Balaban J connectivity index is 2.84. The van der Waals surface area contributed by atoms with Crippen LogP contribution in [0.4, 0.5) is 0 Å². The first-order valence-electron chi connectivity index (χ1n) is 5.76. The average Bonchev–Trinajstić information content (AvgIpc) is 2.88. The smallest absolute Gasteiger partial charge is 0.287 e. The molecule has 8 nitrogen and oxygen atoms in total. The Labute approximate surface area is 117 Å². The minimum atomic E-state index is -3.72. The monoisotopic (exact) mass is 306 g/mol. The Bertz CT molecular complexity index is 551. The van der Waals surface area contributed by atoms with Gasteiger partial charge in [0.2, 0.25) is 5.09 Å². The predicted molar refractivity (Wildman–Crippen MR) is 69.8 cm³/mol. The van der Waals surface area contributed by atoms with Gasteiger partial charge in [-0.25, -0.2) is 12.7 Å². The minimum Gasteiger partial charge on any atom is -0.438 e. The molecule has 2 N–H and O–H groups in total. The molecule has 1 unspecified atom stereocenters. The second-order valence-corrected chi connectivity index (χ2v) is 6.30. The van der Waals surface area contributed by atoms with Crippen molar-refractivity contribution in [3.63, 3.8) is 0 Å². The maximum atomic E-state index is 11.8. The largest absolute Gasteiger partial charge is 0.438 e. The molecule has 0 aromatic carbocycles. The van der Waals surface area contributed by atoms with Crippen LogP contribution in [0.5, 0.6) is 0 Å². The van der Waals surface area contributed by atoms with E-state index in [0.717, 1.165) is 4.31 Å². The molecule has 1 atom stereocenters. The maximum absolute atomic E-state index is 11.8. The molecule has 1 amide bonds. The number of rotatable bonds is 7. The number of methoxy groups -OCH3 is 1. The first-order chi connectivity index (χ1) is 9.32. The fourth-order valence-electron chi connectivity index (χ4n) is 1.36. The summed E-state index contributed by atoms with van der Waals surface area (Å²) in [6.45, 7) is -0.172. The van der Waals surface area contributed by atoms with E-state index < -0.39 is 22.0 Å². The van der Waals surface area contributed by atoms with Crippen LogP contribution < -0.4 is 5.32 Å². The standard InChI is InChI=1S/C11H18N2O6S/c1-13(2)20(16,17)10-5-4-9(19-10)11(15)12-8(6-14)7-18-3/h4-5,8,14H,6-7H2,1-3H3,(H,12,15). The van der Waals surface area contributed by atoms with Crippen molar-refractivity contribution >= 4 is 15.9 Å². The van der Waals surface area contributed by atoms with E-state index in [1.807, 2.05) is 0 Å². The number of hydrogen-bond donors (Lipinski definition) is 2. The van der Waals surface area contributed by atoms with E-state index in [4.69, 9.17) is 14.3 Å². The van der Waals surface area contributed by atoms with Crippen molar-refractivity contribution in [1.29, 1.82) is 0 Å². The van der Waals surface area contributed by atoms with E-state index in [9.17, 15) is 13.2 Å². The van der Waals surface area contributed by atoms with E-state index in [1.165, 1.54) is 33.3 Å². The molecule has 0 saturated carbocycles. The third-order valence-corrected chi connectivity index (χ3v) is 4.15. The summed E-state index contributed by atoms with van der Waals surface area (Å²) in [6, 6.07) is 1.87. The fourth-order valence-corrected chi connectivity index (χ4v) is 2.15. The third-order valence-electron chi connectivity index (χ3n) is 2.46. The summed E-state index contributed by atoms with van der Waals surface area (Å²) in [6.07, 6.45) is 0. The number of aliphatic hydroxyl groups is 1. The highest BCUT2D eigenvalue weighted by Crippen LogP contribution is 2.16. The van der Waals surface area contributed by atoms with Gasteiger partial charge in [0.15, 0.2) is 5.76 Å². The van der Waals surface area contributed by atoms with Crippen molar-refractivity contribution in [2.75, 3.05) is 34.4 Å². The average molecular weight is 306 g/mol. The lowest BCUT2D eigenvalue weighted by Gasteiger charge is -2.14. The fraction of sp³-hybridized carbons (Fsp3) is 0.545. The van der Waals surface area contributed by atoms with Crippen LogP contribution >= 0.6 is 0 Å². The zero-order chi connectivity index (χ0) is 15.3. The van der Waals surface area contributed by atoms with Gasteiger partial charge in [-0.3, -0.25) is 4.79 Å². The lowest BCUT2D eigenvalue weighted by molar-refractivity contribution is 0.0809. The summed E-state index contributed by atoms with van der Waals surface area (Å²) in [5.74, 6) is -0.777. The maximum Gasteiger partial charge on any atom is 0.287 e. The van der Waals surface area contributed by atoms with Crippen molar-refractivity contribution < 1.29 is 27.5 Å². The number of furan rings is 1. The number of amides is 1. The zero-order valence-electron chi connectivity index (χ0n) is 11.5. The summed E-state index contributed by atoms with van der Waals surface area (Å²) < 4.78 is 34.4. The Kier molecular flexibility index (Phi) is 5.69. The molecule has 1 aromatic rings. The number of sulfonamides is 1. The van der Waals surface area contributed by atoms with Gasteiger partial charge >= 0.3 is 0 Å². The second kappa shape index (κ2) is 6.84. The molecule has 0 bridgehead atoms. The number of ether oxygens (including phenoxy) is 1. The summed E-state index contributed by atoms with van der Waals surface area (Å²) in [7, 11) is 0.431. The molecule has 0 spiro atoms. The topological polar surface area (TPSA) is 109 Å². The molecule has 0 saturated heterocycles. The van der Waals surface area contributed by atoms with Crippen LogP contribution in [0, 0.1) is 0 Å². The predicted octanol–water partition coefficient (Wildman–Crippen LogP) is -0.733. The molecule has 0 radical (unpaired) electrons. The van der Waals surface area contributed by atoms with Gasteiger partial charge in [0.05, 0.1) is 19.3 Å². The van der Waals surface area contributed by atoms with Crippen LogP contribution in [0.3, 0.4) is 0 Å². The molecule has 1 aromatic heterocycles. The Morgan fingerprint density at radius 1 is 1.50 bits per heavy atom. The number of aliphatic hydroxyl groups excluding tert-OH is 1. The number of carbonyl (C=O) groups is 1. The number of hydrogen-bond acceptors (Lipinski definition) is 6. The molecule has 0 aliphatic rings. The Morgan fingerprint density at radius 3 is 2.65 bits per heavy atom. The van der Waals surface area contributed by atoms with Crippen LogP contribution in [-0.4, -0.2) is 64.2 Å². The van der Waals surface area contributed by atoms with Crippen LogP contribution in [0.2, 0.25) is 0 Å². The molecule has 0 aliphatic carbocycles. The first-order valence-corrected chi connectivity index (χ1v) is 7.20. The van der Waals surface area contributed by atoms with Gasteiger partial charge in [0, 0.05) is 21.2 Å². The van der Waals surface area contributed by atoms with E-state index in [1.54, 1.807) is 0 Å². The van der Waals surface area contributed by atoms with E-state index in [-0.39, 0.29) is 24.1 Å². The van der Waals surface area contributed by atoms with Gasteiger partial charge in [-0.05, 0) is 12.1 Å². The van der Waals surface area contributed by atoms with E-state index in [0.29, 0.717) is 0 Å². The van der Waals surface area contributed by atoms with Crippen LogP contribution in [0.1, 0.15) is 10.6 Å². The molecular formula is C11H18N2O6S. The number of nitrogens with one attached hydrogen (secondary N) is 1. The van der Waals surface area contributed by atoms with Crippen LogP contribution in [0.25, 0.3) is 0 Å². The Morgan fingerprint density at radius 2 is 2.15 bits per heavy atom. The van der Waals surface area contributed by atoms with Crippen molar-refractivity contribution in [3.8, 4) is 0 Å². The van der Waals surface area contributed by atoms with Crippen LogP contribution in [0.15, 0.2) is 21.6 Å². The van der Waals surface area contributed by atoms with Gasteiger partial charge in [-0.15, -0.1) is 0 Å². The molecule has 114 valence electrons. The molecule has 20 heavy (non-hydrogen) atoms. The van der Waals surface area contributed by atoms with Gasteiger partial charge < -0.3 is 19.6 Å². The van der Waals surface area contributed by atoms with E-state index >= 15 is 0 Å². The Hall–Kier alpha value is -1.42. The molecule has 0 aliphatic heterocycles. The van der Waals surface area contributed by atoms with Crippen molar-refractivity contribution in [2.45, 2.75) is 11.1 Å². The molecule has 0 fully saturated rings. The van der Waals surface area contributed by atoms with Crippen LogP contribution in [-0.2, 0) is 14.8 Å². The van der Waals surface area contributed by atoms with E-state index in [2.05, 4.69) is 5.32 Å². The van der Waals surface area contributed by atoms with Gasteiger partial charge in [-0.2, -0.15) is 0 Å². The quantitative estimate of drug-likeness (QED) is 0.687. The molecule has 9 heteroatoms. The van der Waals surface area contributed by atoms with Gasteiger partial charge in [-0.1, -0.05) is 0 Å². The van der Waals surface area contributed by atoms with Crippen molar-refractivity contribution in [2.24, 2.45) is 0 Å². The lowest BCUT2D eigenvalue weighted by atomic mass is 10.3. The van der Waals surface area contributed by atoms with Gasteiger partial charge in [0.1, 0.15) is 0 Å². The third kappa shape index (κ3) is 3.79. The summed E-state index contributed by atoms with van der Waals surface area (Å²) in [4.78, 5) is 11.8. The molecule has 1 rings (SSSR count). The number of carbonyl (C=O) groups excluding carboxylic acids is 1. The van der Waals surface area contributed by atoms with Crippen molar-refractivity contribution in [1.82, 2.24) is 9.62 Å². The highest BCUT2D eigenvalue weighted by molar-refractivity contribution is 7.88. The normalized spacial score (nSPS) is 13.4. The highest BCUT2D eigenvalue weighted by atomic mass is 32.2. The second-order valence-electron chi connectivity index (χ2n) is 4.21. The van der Waals surface area contributed by atoms with Gasteiger partial charge in [0.25, 0.3) is 15.9 Å². The number of nitrogens with zero attached hydrogens (tertiary/aromatic N) is 1. The molecule has 1 heterocycles. The molecular weight excluding hydrogens is 288 g/mol. The first kappa shape index (κ1) is 16.6. The SMILES string of the molecule is COCC(CO)NC(=O)c1ccc(S(=O)(=O)N(C)C)o1. The summed E-state index contributed by atoms with van der Waals surface area (Å²) in [5.41, 5.74) is 0. The zero-order valence-corrected chi connectivity index (χ0v) is 12.3.